The summed E-state index contributed by atoms with van der Waals surface area (Å²) >= 11 is 3.46. The first-order chi connectivity index (χ1) is 14.4. The van der Waals surface area contributed by atoms with Crippen LogP contribution in [0.3, 0.4) is 0 Å². The molecule has 0 aliphatic carbocycles. The summed E-state index contributed by atoms with van der Waals surface area (Å²) in [5.41, 5.74) is 5.01. The van der Waals surface area contributed by atoms with Crippen LogP contribution in [0.25, 0.3) is 22.3 Å². The molecule has 3 aromatic rings. The molecular formula is C25H23BrO4. The van der Waals surface area contributed by atoms with Gasteiger partial charge in [-0.15, -0.1) is 0 Å². The van der Waals surface area contributed by atoms with Gasteiger partial charge in [0.2, 0.25) is 0 Å². The first-order valence-corrected chi connectivity index (χ1v) is 10.6. The Balaban J connectivity index is 2.34. The van der Waals surface area contributed by atoms with E-state index < -0.39 is 11.9 Å². The number of esters is 2. The van der Waals surface area contributed by atoms with Gasteiger partial charge in [-0.1, -0.05) is 57.9 Å². The molecule has 5 heteroatoms. The largest absolute Gasteiger partial charge is 0.462 e. The average Bonchev–Trinajstić information content (AvgIpc) is 2.74. The molecule has 0 saturated carbocycles. The first-order valence-electron chi connectivity index (χ1n) is 9.79. The van der Waals surface area contributed by atoms with Crippen molar-refractivity contribution in [2.45, 2.75) is 20.8 Å². The van der Waals surface area contributed by atoms with Gasteiger partial charge >= 0.3 is 11.9 Å². The molecule has 0 spiro atoms. The van der Waals surface area contributed by atoms with Crippen LogP contribution >= 0.6 is 15.9 Å². The first kappa shape index (κ1) is 21.8. The third-order valence-electron chi connectivity index (χ3n) is 4.64. The van der Waals surface area contributed by atoms with E-state index in [1.807, 2.05) is 55.5 Å². The molecular weight excluding hydrogens is 444 g/mol. The Hall–Kier alpha value is -2.92. The Morgan fingerprint density at radius 3 is 1.97 bits per heavy atom. The second kappa shape index (κ2) is 9.72. The summed E-state index contributed by atoms with van der Waals surface area (Å²) in [5, 5.41) is 0. The highest BCUT2D eigenvalue weighted by Crippen LogP contribution is 2.37. The maximum absolute atomic E-state index is 12.9. The predicted molar refractivity (Wildman–Crippen MR) is 122 cm³/mol. The Morgan fingerprint density at radius 1 is 0.800 bits per heavy atom. The number of carbonyl (C=O) groups excluding carboxylic acids is 2. The number of aryl methyl sites for hydroxylation is 1. The van der Waals surface area contributed by atoms with E-state index in [1.165, 1.54) is 0 Å². The number of hydrogen-bond donors (Lipinski definition) is 0. The van der Waals surface area contributed by atoms with Crippen LogP contribution in [0.4, 0.5) is 0 Å². The second-order valence-electron chi connectivity index (χ2n) is 6.76. The molecule has 3 rings (SSSR count). The summed E-state index contributed by atoms with van der Waals surface area (Å²) in [6.07, 6.45) is 0. The van der Waals surface area contributed by atoms with E-state index in [0.29, 0.717) is 11.1 Å². The maximum atomic E-state index is 12.9. The summed E-state index contributed by atoms with van der Waals surface area (Å²) < 4.78 is 11.4. The third kappa shape index (κ3) is 4.79. The molecule has 0 fully saturated rings. The van der Waals surface area contributed by atoms with Gasteiger partial charge in [-0.2, -0.15) is 0 Å². The molecule has 0 saturated heterocycles. The van der Waals surface area contributed by atoms with E-state index in [9.17, 15) is 9.59 Å². The van der Waals surface area contributed by atoms with Gasteiger partial charge in [-0.3, -0.25) is 0 Å². The molecule has 0 aliphatic rings. The zero-order chi connectivity index (χ0) is 21.7. The minimum Gasteiger partial charge on any atom is -0.462 e. The zero-order valence-electron chi connectivity index (χ0n) is 17.2. The van der Waals surface area contributed by atoms with Crippen molar-refractivity contribution < 1.29 is 19.1 Å². The number of carbonyl (C=O) groups is 2. The molecule has 0 amide bonds. The fourth-order valence-electron chi connectivity index (χ4n) is 3.23. The van der Waals surface area contributed by atoms with Gasteiger partial charge in [-0.25, -0.2) is 9.59 Å². The number of ether oxygens (including phenoxy) is 2. The lowest BCUT2D eigenvalue weighted by atomic mass is 9.88. The Morgan fingerprint density at radius 2 is 1.37 bits per heavy atom. The molecule has 0 aromatic heterocycles. The number of hydrogen-bond acceptors (Lipinski definition) is 4. The second-order valence-corrected chi connectivity index (χ2v) is 7.68. The van der Waals surface area contributed by atoms with Crippen LogP contribution in [0.5, 0.6) is 0 Å². The van der Waals surface area contributed by atoms with Crippen molar-refractivity contribution >= 4 is 27.9 Å². The van der Waals surface area contributed by atoms with Gasteiger partial charge in [0.05, 0.1) is 24.3 Å². The summed E-state index contributed by atoms with van der Waals surface area (Å²) in [4.78, 5) is 25.4. The lowest BCUT2D eigenvalue weighted by molar-refractivity contribution is 0.0526. The summed E-state index contributed by atoms with van der Waals surface area (Å²) in [7, 11) is 0. The Labute approximate surface area is 185 Å². The van der Waals surface area contributed by atoms with Crippen LogP contribution < -0.4 is 0 Å². The zero-order valence-corrected chi connectivity index (χ0v) is 18.8. The van der Waals surface area contributed by atoms with Crippen molar-refractivity contribution in [3.05, 3.63) is 81.8 Å². The molecule has 0 heterocycles. The van der Waals surface area contributed by atoms with Crippen molar-refractivity contribution in [2.24, 2.45) is 0 Å². The normalized spacial score (nSPS) is 10.5. The molecule has 0 N–H and O–H groups in total. The van der Waals surface area contributed by atoms with Crippen LogP contribution in [0.2, 0.25) is 0 Å². The minimum atomic E-state index is -0.477. The number of rotatable bonds is 6. The highest BCUT2D eigenvalue weighted by Gasteiger charge is 2.23. The van der Waals surface area contributed by atoms with E-state index in [1.54, 1.807) is 26.0 Å². The van der Waals surface area contributed by atoms with Crippen molar-refractivity contribution in [3.63, 3.8) is 0 Å². The van der Waals surface area contributed by atoms with Crippen LogP contribution in [0.1, 0.15) is 40.1 Å². The van der Waals surface area contributed by atoms with Gasteiger partial charge in [0, 0.05) is 10.0 Å². The lowest BCUT2D eigenvalue weighted by Gasteiger charge is -2.17. The molecule has 0 bridgehead atoms. The van der Waals surface area contributed by atoms with Gasteiger partial charge < -0.3 is 9.47 Å². The van der Waals surface area contributed by atoms with E-state index in [2.05, 4.69) is 15.9 Å². The van der Waals surface area contributed by atoms with Crippen molar-refractivity contribution in [2.75, 3.05) is 13.2 Å². The molecule has 0 unspecified atom stereocenters. The molecule has 0 radical (unpaired) electrons. The minimum absolute atomic E-state index is 0.238. The molecule has 4 nitrogen and oxygen atoms in total. The fourth-order valence-corrected chi connectivity index (χ4v) is 3.50. The topological polar surface area (TPSA) is 52.6 Å². The Kier molecular flexibility index (Phi) is 7.06. The highest BCUT2D eigenvalue weighted by atomic mass is 79.9. The van der Waals surface area contributed by atoms with Crippen molar-refractivity contribution in [3.8, 4) is 22.3 Å². The number of halogens is 1. The van der Waals surface area contributed by atoms with Gasteiger partial charge in [-0.05, 0) is 61.7 Å². The Bertz CT molecular complexity index is 1050. The van der Waals surface area contributed by atoms with Gasteiger partial charge in [0.25, 0.3) is 0 Å². The van der Waals surface area contributed by atoms with Crippen molar-refractivity contribution in [1.82, 2.24) is 0 Å². The molecule has 30 heavy (non-hydrogen) atoms. The monoisotopic (exact) mass is 466 g/mol. The molecule has 0 atom stereocenters. The standard InChI is InChI=1S/C25H23BrO4/c1-4-29-24(27)19-14-21(17-8-6-16(3)7-9-17)23(18-10-12-20(26)13-11-18)22(15-19)25(28)30-5-2/h6-15H,4-5H2,1-3H3. The van der Waals surface area contributed by atoms with Crippen LogP contribution in [0, 0.1) is 6.92 Å². The van der Waals surface area contributed by atoms with E-state index in [0.717, 1.165) is 32.3 Å². The molecule has 3 aromatic carbocycles. The maximum Gasteiger partial charge on any atom is 0.338 e. The average molecular weight is 467 g/mol. The summed E-state index contributed by atoms with van der Waals surface area (Å²) in [5.74, 6) is -0.950. The van der Waals surface area contributed by atoms with Crippen LogP contribution in [-0.4, -0.2) is 25.2 Å². The molecule has 154 valence electrons. The smallest absolute Gasteiger partial charge is 0.338 e. The van der Waals surface area contributed by atoms with Crippen molar-refractivity contribution in [1.29, 1.82) is 0 Å². The van der Waals surface area contributed by atoms with Crippen LogP contribution in [-0.2, 0) is 9.47 Å². The quantitative estimate of drug-likeness (QED) is 0.392. The summed E-state index contributed by atoms with van der Waals surface area (Å²) in [6.45, 7) is 6.01. The number of benzene rings is 3. The predicted octanol–water partition coefficient (Wildman–Crippen LogP) is 6.44. The van der Waals surface area contributed by atoms with Gasteiger partial charge in [0.1, 0.15) is 0 Å². The van der Waals surface area contributed by atoms with E-state index >= 15 is 0 Å². The SMILES string of the molecule is CCOC(=O)c1cc(C(=O)OCC)c(-c2ccc(Br)cc2)c(-c2ccc(C)cc2)c1. The van der Waals surface area contributed by atoms with E-state index in [4.69, 9.17) is 9.47 Å². The third-order valence-corrected chi connectivity index (χ3v) is 5.17. The van der Waals surface area contributed by atoms with E-state index in [-0.39, 0.29) is 13.2 Å². The fraction of sp³-hybridized carbons (Fsp3) is 0.200. The van der Waals surface area contributed by atoms with Crippen LogP contribution in [0.15, 0.2) is 65.1 Å². The van der Waals surface area contributed by atoms with Gasteiger partial charge in [0.15, 0.2) is 0 Å². The summed E-state index contributed by atoms with van der Waals surface area (Å²) in [6, 6.07) is 19.0. The molecule has 0 aliphatic heterocycles. The highest BCUT2D eigenvalue weighted by molar-refractivity contribution is 9.10. The lowest BCUT2D eigenvalue weighted by Crippen LogP contribution is -2.12.